The van der Waals surface area contributed by atoms with Crippen LogP contribution in [0.25, 0.3) is 0 Å². The number of nitrogens with zero attached hydrogens (tertiary/aromatic N) is 1. The molecule has 0 fully saturated rings. The summed E-state index contributed by atoms with van der Waals surface area (Å²) in [5, 5.41) is 21.5. The third kappa shape index (κ3) is 6.19. The van der Waals surface area contributed by atoms with Gasteiger partial charge >= 0.3 is 5.97 Å². The van der Waals surface area contributed by atoms with Crippen LogP contribution in [0.15, 0.2) is 18.2 Å². The molecule has 0 atom stereocenters. The van der Waals surface area contributed by atoms with Crippen molar-refractivity contribution in [2.75, 3.05) is 19.8 Å². The molecule has 0 saturated carbocycles. The Balaban J connectivity index is 2.41. The fourth-order valence-electron chi connectivity index (χ4n) is 1.45. The van der Waals surface area contributed by atoms with Crippen molar-refractivity contribution in [1.29, 1.82) is 0 Å². The number of nitrogens with one attached hydrogen (secondary N) is 1. The Hall–Kier alpha value is -2.19. The van der Waals surface area contributed by atoms with Crippen LogP contribution in [0.3, 0.4) is 0 Å². The first kappa shape index (κ1) is 16.9. The van der Waals surface area contributed by atoms with Crippen LogP contribution < -0.4 is 5.32 Å². The number of aliphatic carboxylic acids is 1. The van der Waals surface area contributed by atoms with E-state index in [1.165, 1.54) is 18.2 Å². The average molecular weight is 317 g/mol. The van der Waals surface area contributed by atoms with E-state index in [1.54, 1.807) is 0 Å². The minimum atomic E-state index is -1.08. The quantitative estimate of drug-likeness (QED) is 0.419. The van der Waals surface area contributed by atoms with Crippen molar-refractivity contribution in [3.05, 3.63) is 38.9 Å². The molecule has 8 nitrogen and oxygen atoms in total. The number of ether oxygens (including phenoxy) is 1. The number of nitro benzene ring substituents is 1. The lowest BCUT2D eigenvalue weighted by atomic mass is 10.1. The third-order valence-electron chi connectivity index (χ3n) is 2.39. The van der Waals surface area contributed by atoms with E-state index < -0.39 is 17.5 Å². The number of benzene rings is 1. The van der Waals surface area contributed by atoms with E-state index in [2.05, 4.69) is 5.32 Å². The zero-order valence-electron chi connectivity index (χ0n) is 10.9. The smallest absolute Gasteiger partial charge is 0.329 e. The standard InChI is InChI=1S/C12H13ClN2O6/c13-10-6-9(15(19)20)2-1-8(10)5-11(16)14-3-4-21-7-12(17)18/h1-2,6H,3-5,7H2,(H,14,16)(H,17,18). The molecule has 0 aromatic heterocycles. The second kappa shape index (κ2) is 8.18. The normalized spacial score (nSPS) is 10.1. The molecule has 0 unspecified atom stereocenters. The highest BCUT2D eigenvalue weighted by Crippen LogP contribution is 2.22. The van der Waals surface area contributed by atoms with Crippen LogP contribution in [0.4, 0.5) is 5.69 Å². The van der Waals surface area contributed by atoms with E-state index in [0.29, 0.717) is 5.56 Å². The summed E-state index contributed by atoms with van der Waals surface area (Å²) in [6.07, 6.45) is -0.0320. The molecule has 0 spiro atoms. The Morgan fingerprint density at radius 1 is 1.43 bits per heavy atom. The summed E-state index contributed by atoms with van der Waals surface area (Å²) in [4.78, 5) is 31.8. The van der Waals surface area contributed by atoms with Gasteiger partial charge in [-0.25, -0.2) is 4.79 Å². The van der Waals surface area contributed by atoms with E-state index in [9.17, 15) is 19.7 Å². The lowest BCUT2D eigenvalue weighted by Gasteiger charge is -2.06. The van der Waals surface area contributed by atoms with E-state index in [0.717, 1.165) is 0 Å². The largest absolute Gasteiger partial charge is 0.480 e. The number of carbonyl (C=O) groups excluding carboxylic acids is 1. The molecular formula is C12H13ClN2O6. The summed E-state index contributed by atoms with van der Waals surface area (Å²) in [7, 11) is 0. The second-order valence-corrected chi connectivity index (χ2v) is 4.41. The molecule has 2 N–H and O–H groups in total. The molecule has 0 aliphatic carbocycles. The highest BCUT2D eigenvalue weighted by atomic mass is 35.5. The van der Waals surface area contributed by atoms with Crippen LogP contribution in [-0.4, -0.2) is 41.7 Å². The van der Waals surface area contributed by atoms with Crippen LogP contribution in [-0.2, 0) is 20.7 Å². The second-order valence-electron chi connectivity index (χ2n) is 4.01. The van der Waals surface area contributed by atoms with E-state index in [1.807, 2.05) is 0 Å². The van der Waals surface area contributed by atoms with Crippen molar-refractivity contribution >= 4 is 29.2 Å². The summed E-state index contributed by atoms with van der Waals surface area (Å²) in [5.41, 5.74) is 0.317. The first-order valence-electron chi connectivity index (χ1n) is 5.89. The molecule has 114 valence electrons. The van der Waals surface area contributed by atoms with Crippen LogP contribution in [0, 0.1) is 10.1 Å². The van der Waals surface area contributed by atoms with Gasteiger partial charge in [-0.3, -0.25) is 14.9 Å². The fraction of sp³-hybridized carbons (Fsp3) is 0.333. The van der Waals surface area contributed by atoms with Gasteiger partial charge in [0.05, 0.1) is 23.0 Å². The predicted molar refractivity (Wildman–Crippen MR) is 73.3 cm³/mol. The van der Waals surface area contributed by atoms with Gasteiger partial charge in [0, 0.05) is 18.7 Å². The molecule has 0 saturated heterocycles. The topological polar surface area (TPSA) is 119 Å². The molecule has 0 aliphatic rings. The van der Waals surface area contributed by atoms with Crippen LogP contribution in [0.1, 0.15) is 5.56 Å². The number of carboxylic acids is 1. The Labute approximate surface area is 124 Å². The van der Waals surface area contributed by atoms with Crippen molar-refractivity contribution < 1.29 is 24.4 Å². The summed E-state index contributed by atoms with van der Waals surface area (Å²) in [6.45, 7) is -0.188. The number of hydrogen-bond acceptors (Lipinski definition) is 5. The number of carbonyl (C=O) groups is 2. The molecule has 1 aromatic carbocycles. The monoisotopic (exact) mass is 316 g/mol. The molecule has 1 rings (SSSR count). The maximum absolute atomic E-state index is 11.6. The number of non-ortho nitro benzene ring substituents is 1. The third-order valence-corrected chi connectivity index (χ3v) is 2.74. The lowest BCUT2D eigenvalue weighted by Crippen LogP contribution is -2.29. The zero-order valence-corrected chi connectivity index (χ0v) is 11.6. The van der Waals surface area contributed by atoms with Gasteiger partial charge in [0.25, 0.3) is 5.69 Å². The number of carboxylic acid groups (broad SMARTS) is 1. The van der Waals surface area contributed by atoms with E-state index in [-0.39, 0.29) is 36.2 Å². The van der Waals surface area contributed by atoms with Gasteiger partial charge in [0.15, 0.2) is 0 Å². The van der Waals surface area contributed by atoms with E-state index in [4.69, 9.17) is 21.4 Å². The lowest BCUT2D eigenvalue weighted by molar-refractivity contribution is -0.384. The van der Waals surface area contributed by atoms with Crippen molar-refractivity contribution in [2.45, 2.75) is 6.42 Å². The van der Waals surface area contributed by atoms with Crippen LogP contribution in [0.2, 0.25) is 5.02 Å². The SMILES string of the molecule is O=C(O)COCCNC(=O)Cc1ccc([N+](=O)[O-])cc1Cl. The molecule has 0 heterocycles. The Morgan fingerprint density at radius 2 is 2.14 bits per heavy atom. The average Bonchev–Trinajstić information content (AvgIpc) is 2.40. The Morgan fingerprint density at radius 3 is 2.71 bits per heavy atom. The van der Waals surface area contributed by atoms with Crippen LogP contribution >= 0.6 is 11.6 Å². The highest BCUT2D eigenvalue weighted by molar-refractivity contribution is 6.31. The minimum absolute atomic E-state index is 0.0320. The predicted octanol–water partition coefficient (Wildman–Crippen LogP) is 1.01. The Kier molecular flexibility index (Phi) is 6.57. The summed E-state index contributed by atoms with van der Waals surface area (Å²) < 4.78 is 4.75. The molecule has 21 heavy (non-hydrogen) atoms. The van der Waals surface area contributed by atoms with Gasteiger partial charge < -0.3 is 15.2 Å². The summed E-state index contributed by atoms with van der Waals surface area (Å²) >= 11 is 5.86. The maximum atomic E-state index is 11.6. The van der Waals surface area contributed by atoms with Crippen molar-refractivity contribution in [3.8, 4) is 0 Å². The summed E-state index contributed by atoms with van der Waals surface area (Å²) in [6, 6.07) is 3.87. The van der Waals surface area contributed by atoms with Crippen molar-refractivity contribution in [1.82, 2.24) is 5.32 Å². The number of nitro groups is 1. The number of halogens is 1. The van der Waals surface area contributed by atoms with E-state index >= 15 is 0 Å². The molecule has 9 heteroatoms. The van der Waals surface area contributed by atoms with Gasteiger partial charge in [-0.05, 0) is 5.56 Å². The fourth-order valence-corrected chi connectivity index (χ4v) is 1.69. The number of amides is 1. The summed E-state index contributed by atoms with van der Waals surface area (Å²) in [5.74, 6) is -1.43. The molecule has 1 amide bonds. The molecule has 0 bridgehead atoms. The molecule has 0 aliphatic heterocycles. The minimum Gasteiger partial charge on any atom is -0.480 e. The number of hydrogen-bond donors (Lipinski definition) is 2. The van der Waals surface area contributed by atoms with Crippen LogP contribution in [0.5, 0.6) is 0 Å². The highest BCUT2D eigenvalue weighted by Gasteiger charge is 2.12. The molecule has 1 aromatic rings. The maximum Gasteiger partial charge on any atom is 0.329 e. The van der Waals surface area contributed by atoms with Gasteiger partial charge in [-0.15, -0.1) is 0 Å². The first-order valence-corrected chi connectivity index (χ1v) is 6.27. The van der Waals surface area contributed by atoms with Gasteiger partial charge in [-0.1, -0.05) is 17.7 Å². The van der Waals surface area contributed by atoms with Crippen molar-refractivity contribution in [2.24, 2.45) is 0 Å². The zero-order chi connectivity index (χ0) is 15.8. The number of rotatable bonds is 8. The van der Waals surface area contributed by atoms with Gasteiger partial charge in [0.1, 0.15) is 6.61 Å². The first-order chi connectivity index (χ1) is 9.90. The Bertz CT molecular complexity index is 549. The van der Waals surface area contributed by atoms with Crippen molar-refractivity contribution in [3.63, 3.8) is 0 Å². The molecular weight excluding hydrogens is 304 g/mol. The van der Waals surface area contributed by atoms with Gasteiger partial charge in [-0.2, -0.15) is 0 Å². The molecule has 0 radical (unpaired) electrons. The van der Waals surface area contributed by atoms with Gasteiger partial charge in [0.2, 0.25) is 5.91 Å².